The van der Waals surface area contributed by atoms with E-state index in [0.29, 0.717) is 13.1 Å². The Labute approximate surface area is 148 Å². The SMILES string of the molecule is CN(CC(=O)N1CCCC[C@@H]1c1ccc(F)cc1)Cc1ccncc1. The second kappa shape index (κ2) is 8.21. The Bertz CT molecular complexity index is 690. The van der Waals surface area contributed by atoms with Crippen LogP contribution in [0.15, 0.2) is 48.8 Å². The summed E-state index contributed by atoms with van der Waals surface area (Å²) in [6.07, 6.45) is 6.59. The van der Waals surface area contributed by atoms with Gasteiger partial charge in [0.1, 0.15) is 5.82 Å². The molecule has 0 saturated carbocycles. The Morgan fingerprint density at radius 3 is 2.64 bits per heavy atom. The molecule has 1 amide bonds. The van der Waals surface area contributed by atoms with Gasteiger partial charge in [0.15, 0.2) is 0 Å². The Kier molecular flexibility index (Phi) is 5.76. The Morgan fingerprint density at radius 2 is 1.92 bits per heavy atom. The molecule has 4 nitrogen and oxygen atoms in total. The number of amides is 1. The average molecular weight is 341 g/mol. The van der Waals surface area contributed by atoms with Gasteiger partial charge >= 0.3 is 0 Å². The summed E-state index contributed by atoms with van der Waals surface area (Å²) in [5, 5.41) is 0. The van der Waals surface area contributed by atoms with Crippen molar-refractivity contribution in [3.63, 3.8) is 0 Å². The molecule has 1 aromatic heterocycles. The maximum Gasteiger partial charge on any atom is 0.237 e. The van der Waals surface area contributed by atoms with Gasteiger partial charge in [-0.15, -0.1) is 0 Å². The third kappa shape index (κ3) is 4.63. The number of carbonyl (C=O) groups excluding carboxylic acids is 1. The number of likely N-dealkylation sites (tertiary alicyclic amines) is 1. The minimum atomic E-state index is -0.241. The topological polar surface area (TPSA) is 36.4 Å². The van der Waals surface area contributed by atoms with Gasteiger partial charge in [-0.1, -0.05) is 12.1 Å². The van der Waals surface area contributed by atoms with E-state index < -0.39 is 0 Å². The summed E-state index contributed by atoms with van der Waals surface area (Å²) in [4.78, 5) is 20.8. The first kappa shape index (κ1) is 17.5. The smallest absolute Gasteiger partial charge is 0.237 e. The lowest BCUT2D eigenvalue weighted by atomic mass is 9.95. The molecule has 5 heteroatoms. The van der Waals surface area contributed by atoms with Gasteiger partial charge in [0.25, 0.3) is 0 Å². The molecule has 132 valence electrons. The molecule has 0 bridgehead atoms. The van der Waals surface area contributed by atoms with E-state index in [0.717, 1.165) is 36.9 Å². The average Bonchev–Trinajstić information content (AvgIpc) is 2.63. The molecule has 1 aliphatic rings. The number of hydrogen-bond donors (Lipinski definition) is 0. The van der Waals surface area contributed by atoms with Crippen LogP contribution in [0.3, 0.4) is 0 Å². The highest BCUT2D eigenvalue weighted by molar-refractivity contribution is 5.79. The second-order valence-electron chi connectivity index (χ2n) is 6.68. The maximum absolute atomic E-state index is 13.2. The van der Waals surface area contributed by atoms with Crippen molar-refractivity contribution < 1.29 is 9.18 Å². The van der Waals surface area contributed by atoms with Gasteiger partial charge in [0.2, 0.25) is 5.91 Å². The summed E-state index contributed by atoms with van der Waals surface area (Å²) in [6.45, 7) is 1.85. The van der Waals surface area contributed by atoms with Crippen molar-refractivity contribution in [1.29, 1.82) is 0 Å². The number of hydrogen-bond acceptors (Lipinski definition) is 3. The zero-order valence-corrected chi connectivity index (χ0v) is 14.6. The Morgan fingerprint density at radius 1 is 1.20 bits per heavy atom. The van der Waals surface area contributed by atoms with Crippen LogP contribution >= 0.6 is 0 Å². The van der Waals surface area contributed by atoms with Gasteiger partial charge in [0, 0.05) is 25.5 Å². The van der Waals surface area contributed by atoms with E-state index in [9.17, 15) is 9.18 Å². The standard InChI is InChI=1S/C20H24FN3O/c1-23(14-16-9-11-22-12-10-16)15-20(25)24-13-3-2-4-19(24)17-5-7-18(21)8-6-17/h5-12,19H,2-4,13-15H2,1H3/t19-/m1/s1. The minimum absolute atomic E-state index is 0.0520. The van der Waals surface area contributed by atoms with Crippen LogP contribution in [0.25, 0.3) is 0 Å². The van der Waals surface area contributed by atoms with Crippen molar-refractivity contribution in [2.24, 2.45) is 0 Å². The Balaban J connectivity index is 1.65. The number of rotatable bonds is 5. The summed E-state index contributed by atoms with van der Waals surface area (Å²) in [5.74, 6) is -0.111. The number of nitrogens with zero attached hydrogens (tertiary/aromatic N) is 3. The highest BCUT2D eigenvalue weighted by Gasteiger charge is 2.28. The molecule has 0 N–H and O–H groups in total. The molecule has 0 radical (unpaired) electrons. The lowest BCUT2D eigenvalue weighted by Gasteiger charge is -2.37. The number of aromatic nitrogens is 1. The van der Waals surface area contributed by atoms with Gasteiger partial charge in [-0.25, -0.2) is 4.39 Å². The monoisotopic (exact) mass is 341 g/mol. The van der Waals surface area contributed by atoms with E-state index in [4.69, 9.17) is 0 Å². The number of piperidine rings is 1. The van der Waals surface area contributed by atoms with E-state index >= 15 is 0 Å². The molecular formula is C20H24FN3O. The van der Waals surface area contributed by atoms with Gasteiger partial charge in [-0.05, 0) is 61.7 Å². The molecule has 1 saturated heterocycles. The molecule has 0 aliphatic carbocycles. The molecule has 2 heterocycles. The normalized spacial score (nSPS) is 17.7. The van der Waals surface area contributed by atoms with Crippen LogP contribution in [-0.4, -0.2) is 40.8 Å². The molecule has 3 rings (SSSR count). The largest absolute Gasteiger partial charge is 0.335 e. The summed E-state index contributed by atoms with van der Waals surface area (Å²) < 4.78 is 13.2. The fourth-order valence-electron chi connectivity index (χ4n) is 3.44. The lowest BCUT2D eigenvalue weighted by molar-refractivity contribution is -0.136. The molecular weight excluding hydrogens is 317 g/mol. The summed E-state index contributed by atoms with van der Waals surface area (Å²) >= 11 is 0. The van der Waals surface area contributed by atoms with Crippen LogP contribution in [-0.2, 0) is 11.3 Å². The first-order valence-electron chi connectivity index (χ1n) is 8.76. The van der Waals surface area contributed by atoms with E-state index in [1.165, 1.54) is 12.1 Å². The number of halogens is 1. The third-order valence-electron chi connectivity index (χ3n) is 4.68. The molecule has 0 spiro atoms. The molecule has 1 aromatic carbocycles. The van der Waals surface area contributed by atoms with Crippen LogP contribution in [0.2, 0.25) is 0 Å². The van der Waals surface area contributed by atoms with Gasteiger partial charge in [0.05, 0.1) is 12.6 Å². The predicted molar refractivity (Wildman–Crippen MR) is 95.3 cm³/mol. The number of likely N-dealkylation sites (N-methyl/N-ethyl adjacent to an activating group) is 1. The molecule has 1 atom stereocenters. The van der Waals surface area contributed by atoms with E-state index in [1.807, 2.05) is 29.0 Å². The zero-order valence-electron chi connectivity index (χ0n) is 14.6. The Hall–Kier alpha value is -2.27. The first-order valence-corrected chi connectivity index (χ1v) is 8.76. The van der Waals surface area contributed by atoms with Gasteiger partial charge < -0.3 is 4.90 Å². The van der Waals surface area contributed by atoms with Crippen molar-refractivity contribution in [3.8, 4) is 0 Å². The van der Waals surface area contributed by atoms with Crippen molar-refractivity contribution in [2.45, 2.75) is 31.8 Å². The van der Waals surface area contributed by atoms with Crippen molar-refractivity contribution in [2.75, 3.05) is 20.1 Å². The molecule has 25 heavy (non-hydrogen) atoms. The van der Waals surface area contributed by atoms with E-state index in [-0.39, 0.29) is 17.8 Å². The first-order chi connectivity index (χ1) is 12.1. The lowest BCUT2D eigenvalue weighted by Crippen LogP contribution is -2.43. The third-order valence-corrected chi connectivity index (χ3v) is 4.68. The van der Waals surface area contributed by atoms with Crippen LogP contribution in [0, 0.1) is 5.82 Å². The molecule has 2 aromatic rings. The number of benzene rings is 1. The van der Waals surface area contributed by atoms with E-state index in [2.05, 4.69) is 4.98 Å². The van der Waals surface area contributed by atoms with Crippen LogP contribution < -0.4 is 0 Å². The zero-order chi connectivity index (χ0) is 17.6. The highest BCUT2D eigenvalue weighted by atomic mass is 19.1. The molecule has 0 unspecified atom stereocenters. The summed E-state index contributed by atoms with van der Waals surface area (Å²) in [6, 6.07) is 10.5. The highest BCUT2D eigenvalue weighted by Crippen LogP contribution is 2.31. The fraction of sp³-hybridized carbons (Fsp3) is 0.400. The predicted octanol–water partition coefficient (Wildman–Crippen LogP) is 3.41. The van der Waals surface area contributed by atoms with Crippen molar-refractivity contribution in [1.82, 2.24) is 14.8 Å². The van der Waals surface area contributed by atoms with Crippen molar-refractivity contribution >= 4 is 5.91 Å². The summed E-state index contributed by atoms with van der Waals surface area (Å²) in [5.41, 5.74) is 2.16. The number of carbonyl (C=O) groups is 1. The minimum Gasteiger partial charge on any atom is -0.335 e. The van der Waals surface area contributed by atoms with Gasteiger partial charge in [-0.2, -0.15) is 0 Å². The summed E-state index contributed by atoms with van der Waals surface area (Å²) in [7, 11) is 1.95. The van der Waals surface area contributed by atoms with Crippen LogP contribution in [0.1, 0.15) is 36.4 Å². The second-order valence-corrected chi connectivity index (χ2v) is 6.68. The molecule has 1 aliphatic heterocycles. The molecule has 1 fully saturated rings. The van der Waals surface area contributed by atoms with Crippen molar-refractivity contribution in [3.05, 3.63) is 65.7 Å². The maximum atomic E-state index is 13.2. The number of pyridine rings is 1. The quantitative estimate of drug-likeness (QED) is 0.836. The van der Waals surface area contributed by atoms with Crippen LogP contribution in [0.5, 0.6) is 0 Å². The van der Waals surface area contributed by atoms with Crippen LogP contribution in [0.4, 0.5) is 4.39 Å². The fourth-order valence-corrected chi connectivity index (χ4v) is 3.44. The van der Waals surface area contributed by atoms with Gasteiger partial charge in [-0.3, -0.25) is 14.7 Å². The van der Waals surface area contributed by atoms with E-state index in [1.54, 1.807) is 24.5 Å².